The molecule has 3 saturated heterocycles. The van der Waals surface area contributed by atoms with Gasteiger partial charge in [0.25, 0.3) is 0 Å². The number of fused-ring (bicyclic) bond motifs is 2. The molecular formula is C44H41ClN2O8. The van der Waals surface area contributed by atoms with Gasteiger partial charge in [0.2, 0.25) is 5.91 Å². The molecular weight excluding hydrogens is 720 g/mol. The second-order valence-electron chi connectivity index (χ2n) is 15.1. The maximum atomic E-state index is 13.5. The molecule has 11 heteroatoms. The van der Waals surface area contributed by atoms with E-state index in [4.69, 9.17) is 30.5 Å². The first-order valence-electron chi connectivity index (χ1n) is 18.7. The average Bonchev–Trinajstić information content (AvgIpc) is 3.68. The molecule has 7 atom stereocenters. The number of esters is 1. The first-order valence-corrected chi connectivity index (χ1v) is 19.1. The van der Waals surface area contributed by atoms with Gasteiger partial charge in [-0.2, -0.15) is 0 Å². The number of hydrogen-bond acceptors (Lipinski definition) is 8. The van der Waals surface area contributed by atoms with Crippen molar-refractivity contribution < 1.29 is 38.4 Å². The Labute approximate surface area is 324 Å². The number of amides is 1. The molecule has 1 aliphatic carbocycles. The molecule has 7 unspecified atom stereocenters. The van der Waals surface area contributed by atoms with Gasteiger partial charge in [-0.1, -0.05) is 83.9 Å². The average molecular weight is 761 g/mol. The van der Waals surface area contributed by atoms with Crippen LogP contribution in [0, 0.1) is 11.8 Å². The highest BCUT2D eigenvalue weighted by Crippen LogP contribution is 2.66. The van der Waals surface area contributed by atoms with Gasteiger partial charge < -0.3 is 29.0 Å². The summed E-state index contributed by atoms with van der Waals surface area (Å²) >= 11 is 6.29. The number of benzene rings is 4. The third kappa shape index (κ3) is 5.56. The third-order valence-corrected chi connectivity index (χ3v) is 13.1. The molecule has 1 saturated carbocycles. The van der Waals surface area contributed by atoms with Gasteiger partial charge in [0.05, 0.1) is 56.2 Å². The van der Waals surface area contributed by atoms with Crippen molar-refractivity contribution in [1.29, 1.82) is 0 Å². The van der Waals surface area contributed by atoms with E-state index in [1.165, 1.54) is 24.1 Å². The second kappa shape index (κ2) is 13.8. The van der Waals surface area contributed by atoms with Gasteiger partial charge in [-0.25, -0.2) is 9.59 Å². The van der Waals surface area contributed by atoms with Crippen LogP contribution in [-0.2, 0) is 19.7 Å². The SMILES string of the molecule is COc1cc2c(cc1OC)C13CCN4CC5=CCOC6CC(=O)N2C1C6C5CC43.O=C(O)c1ccccc1C(=O)OC(c1ccccc1)c1ccccc1Cl. The number of rotatable bonds is 7. The van der Waals surface area contributed by atoms with Crippen molar-refractivity contribution in [3.8, 4) is 11.5 Å². The van der Waals surface area contributed by atoms with Crippen LogP contribution >= 0.6 is 11.6 Å². The Balaban J connectivity index is 0.000000146. The van der Waals surface area contributed by atoms with Gasteiger partial charge in [-0.3, -0.25) is 9.69 Å². The van der Waals surface area contributed by atoms with Gasteiger partial charge in [0.1, 0.15) is 0 Å². The molecule has 10 rings (SSSR count). The lowest BCUT2D eigenvalue weighted by molar-refractivity contribution is -0.132. The minimum atomic E-state index is -1.19. The fraction of sp³-hybridized carbons (Fsp3) is 0.341. The Morgan fingerprint density at radius 3 is 2.40 bits per heavy atom. The summed E-state index contributed by atoms with van der Waals surface area (Å²) in [6, 6.07) is 27.1. The van der Waals surface area contributed by atoms with Crippen molar-refractivity contribution in [3.05, 3.63) is 135 Å². The molecule has 2 bridgehead atoms. The summed E-state index contributed by atoms with van der Waals surface area (Å²) in [5, 5.41) is 9.76. The summed E-state index contributed by atoms with van der Waals surface area (Å²) in [6.45, 7) is 2.80. The van der Waals surface area contributed by atoms with Gasteiger partial charge in [0.15, 0.2) is 17.6 Å². The normalized spacial score (nSPS) is 27.1. The van der Waals surface area contributed by atoms with E-state index < -0.39 is 18.0 Å². The Morgan fingerprint density at radius 2 is 1.65 bits per heavy atom. The Kier molecular flexibility index (Phi) is 8.95. The number of carboxylic acid groups (broad SMARTS) is 1. The Bertz CT molecular complexity index is 2230. The topological polar surface area (TPSA) is 115 Å². The molecule has 4 aromatic rings. The first-order chi connectivity index (χ1) is 26.7. The second-order valence-corrected chi connectivity index (χ2v) is 15.5. The summed E-state index contributed by atoms with van der Waals surface area (Å²) in [5.41, 5.74) is 5.10. The number of hydrogen-bond donors (Lipinski definition) is 1. The summed E-state index contributed by atoms with van der Waals surface area (Å²) in [5.74, 6) is 0.660. The number of nitrogens with zero attached hydrogens (tertiary/aromatic N) is 2. The van der Waals surface area contributed by atoms with E-state index in [2.05, 4.69) is 21.9 Å². The van der Waals surface area contributed by atoms with E-state index >= 15 is 0 Å². The molecule has 6 aliphatic rings. The van der Waals surface area contributed by atoms with Crippen molar-refractivity contribution in [2.45, 2.75) is 49.0 Å². The summed E-state index contributed by atoms with van der Waals surface area (Å²) in [6.07, 6.45) is 4.36. The van der Waals surface area contributed by atoms with Crippen LogP contribution in [0.3, 0.4) is 0 Å². The lowest BCUT2D eigenvalue weighted by Crippen LogP contribution is -2.69. The van der Waals surface area contributed by atoms with Crippen molar-refractivity contribution in [2.75, 3.05) is 38.8 Å². The highest BCUT2D eigenvalue weighted by atomic mass is 35.5. The molecule has 55 heavy (non-hydrogen) atoms. The predicted octanol–water partition coefficient (Wildman–Crippen LogP) is 7.09. The molecule has 0 aromatic heterocycles. The van der Waals surface area contributed by atoms with Crippen LogP contribution in [0.4, 0.5) is 5.69 Å². The number of piperidine rings is 2. The van der Waals surface area contributed by atoms with E-state index in [9.17, 15) is 19.5 Å². The van der Waals surface area contributed by atoms with Gasteiger partial charge in [-0.05, 0) is 60.7 Å². The van der Waals surface area contributed by atoms with Crippen molar-refractivity contribution >= 4 is 35.1 Å². The van der Waals surface area contributed by atoms with E-state index in [0.29, 0.717) is 47.2 Å². The zero-order valence-corrected chi connectivity index (χ0v) is 31.3. The van der Waals surface area contributed by atoms with E-state index in [1.54, 1.807) is 56.2 Å². The van der Waals surface area contributed by atoms with Crippen LogP contribution in [0.5, 0.6) is 11.5 Å². The molecule has 282 valence electrons. The minimum absolute atomic E-state index is 0.00650. The molecule has 10 nitrogen and oxygen atoms in total. The van der Waals surface area contributed by atoms with Crippen LogP contribution in [0.15, 0.2) is 103 Å². The smallest absolute Gasteiger partial charge is 0.339 e. The van der Waals surface area contributed by atoms with Crippen LogP contribution in [0.1, 0.15) is 62.8 Å². The molecule has 5 aliphatic heterocycles. The molecule has 4 aromatic carbocycles. The fourth-order valence-corrected chi connectivity index (χ4v) is 10.8. The van der Waals surface area contributed by atoms with Crippen molar-refractivity contribution in [1.82, 2.24) is 4.90 Å². The summed E-state index contributed by atoms with van der Waals surface area (Å²) in [4.78, 5) is 42.4. The fourth-order valence-electron chi connectivity index (χ4n) is 10.5. The number of ether oxygens (including phenoxy) is 4. The van der Waals surface area contributed by atoms with Gasteiger partial charge in [0, 0.05) is 40.6 Å². The van der Waals surface area contributed by atoms with Gasteiger partial charge >= 0.3 is 11.9 Å². The van der Waals surface area contributed by atoms with E-state index in [0.717, 1.165) is 36.5 Å². The third-order valence-electron chi connectivity index (χ3n) is 12.7. The molecule has 1 amide bonds. The summed E-state index contributed by atoms with van der Waals surface area (Å²) < 4.78 is 23.3. The number of carbonyl (C=O) groups excluding carboxylic acids is 2. The number of carbonyl (C=O) groups is 3. The van der Waals surface area contributed by atoms with Crippen LogP contribution in [0.25, 0.3) is 0 Å². The van der Waals surface area contributed by atoms with Crippen LogP contribution in [-0.4, -0.2) is 80.0 Å². The molecule has 1 spiro atoms. The Hall–Kier alpha value is -5.16. The number of anilines is 1. The lowest BCUT2D eigenvalue weighted by atomic mass is 9.53. The highest BCUT2D eigenvalue weighted by molar-refractivity contribution is 6.31. The van der Waals surface area contributed by atoms with E-state index in [-0.39, 0.29) is 34.6 Å². The number of methoxy groups -OCH3 is 2. The predicted molar refractivity (Wildman–Crippen MR) is 205 cm³/mol. The standard InChI is InChI=1S/C23H26N2O4.C21H15ClO4/c1-27-16-8-14-15(9-17(16)28-2)25-20(26)10-18-21-13-7-19-23(14,22(21)25)4-5-24(19)11-12(13)3-6-29-18;22-18-13-7-6-12-17(18)19(14-8-2-1-3-9-14)26-21(25)16-11-5-4-10-15(16)20(23)24/h3,8-9,13,18-19,21-22H,4-7,10-11H2,1-2H3;1-13,19H,(H,23,24). The zero-order chi connectivity index (χ0) is 38.0. The maximum absolute atomic E-state index is 13.5. The quantitative estimate of drug-likeness (QED) is 0.156. The maximum Gasteiger partial charge on any atom is 0.339 e. The van der Waals surface area contributed by atoms with E-state index in [1.807, 2.05) is 36.4 Å². The van der Waals surface area contributed by atoms with Crippen molar-refractivity contribution in [3.63, 3.8) is 0 Å². The first kappa shape index (κ1) is 35.5. The molecule has 0 radical (unpaired) electrons. The number of aromatic carboxylic acids is 1. The van der Waals surface area contributed by atoms with Gasteiger partial charge in [-0.15, -0.1) is 0 Å². The minimum Gasteiger partial charge on any atom is -0.493 e. The molecule has 4 fully saturated rings. The monoisotopic (exact) mass is 760 g/mol. The Morgan fingerprint density at radius 1 is 0.945 bits per heavy atom. The number of carboxylic acids is 1. The lowest BCUT2D eigenvalue weighted by Gasteiger charge is -2.58. The zero-order valence-electron chi connectivity index (χ0n) is 30.5. The number of halogens is 1. The largest absolute Gasteiger partial charge is 0.493 e. The van der Waals surface area contributed by atoms with Crippen LogP contribution < -0.4 is 14.4 Å². The highest BCUT2D eigenvalue weighted by Gasteiger charge is 2.71. The molecule has 1 N–H and O–H groups in total. The van der Waals surface area contributed by atoms with Crippen molar-refractivity contribution in [2.24, 2.45) is 11.8 Å². The molecule has 5 heterocycles. The van der Waals surface area contributed by atoms with Crippen LogP contribution in [0.2, 0.25) is 5.02 Å². The summed E-state index contributed by atoms with van der Waals surface area (Å²) in [7, 11) is 3.36.